The number of ether oxygens (including phenoxy) is 1. The summed E-state index contributed by atoms with van der Waals surface area (Å²) in [5, 5.41) is 15.0. The number of nitrogens with one attached hydrogen (secondary N) is 2. The fourth-order valence-electron chi connectivity index (χ4n) is 2.99. The van der Waals surface area contributed by atoms with Gasteiger partial charge in [0.25, 0.3) is 0 Å². The van der Waals surface area contributed by atoms with Crippen LogP contribution in [0.25, 0.3) is 0 Å². The molecule has 0 bridgehead atoms. The summed E-state index contributed by atoms with van der Waals surface area (Å²) in [5.74, 6) is -0.635. The molecule has 31 heavy (non-hydrogen) atoms. The molecule has 1 unspecified atom stereocenters. The lowest BCUT2D eigenvalue weighted by Gasteiger charge is -2.32. The molecule has 8 heteroatoms. The van der Waals surface area contributed by atoms with Crippen molar-refractivity contribution in [3.8, 4) is 5.75 Å². The Hall–Kier alpha value is -2.77. The first kappa shape index (κ1) is 26.3. The Morgan fingerprint density at radius 1 is 1.10 bits per heavy atom. The predicted molar refractivity (Wildman–Crippen MR) is 120 cm³/mol. The monoisotopic (exact) mass is 435 g/mol. The molecule has 3 amide bonds. The summed E-state index contributed by atoms with van der Waals surface area (Å²) >= 11 is 0. The number of benzene rings is 1. The second-order valence-corrected chi connectivity index (χ2v) is 8.81. The molecule has 0 radical (unpaired) electrons. The molecule has 1 aromatic carbocycles. The van der Waals surface area contributed by atoms with Crippen LogP contribution in [0.15, 0.2) is 24.3 Å². The lowest BCUT2D eigenvalue weighted by atomic mass is 10.0. The van der Waals surface area contributed by atoms with Crippen LogP contribution in [0, 0.1) is 0 Å². The van der Waals surface area contributed by atoms with Gasteiger partial charge in [0, 0.05) is 12.6 Å². The summed E-state index contributed by atoms with van der Waals surface area (Å²) in [6.45, 7) is 11.0. The topological polar surface area (TPSA) is 108 Å². The van der Waals surface area contributed by atoms with Crippen molar-refractivity contribution < 1.29 is 24.2 Å². The van der Waals surface area contributed by atoms with Gasteiger partial charge in [-0.05, 0) is 58.7 Å². The molecule has 0 spiro atoms. The Morgan fingerprint density at radius 2 is 1.71 bits per heavy atom. The zero-order chi connectivity index (χ0) is 23.6. The van der Waals surface area contributed by atoms with E-state index in [-0.39, 0.29) is 30.2 Å². The number of hydrogen-bond donors (Lipinski definition) is 3. The molecular weight excluding hydrogens is 398 g/mol. The number of phenolic OH excluding ortho intramolecular Hbond substituents is 1. The van der Waals surface area contributed by atoms with Crippen LogP contribution < -0.4 is 10.6 Å². The maximum absolute atomic E-state index is 13.1. The van der Waals surface area contributed by atoms with Crippen molar-refractivity contribution in [2.75, 3.05) is 13.1 Å². The number of carbonyl (C=O) groups is 3. The van der Waals surface area contributed by atoms with Crippen LogP contribution in [0.4, 0.5) is 4.79 Å². The zero-order valence-corrected chi connectivity index (χ0v) is 19.5. The van der Waals surface area contributed by atoms with Gasteiger partial charge in [0.05, 0.1) is 0 Å². The van der Waals surface area contributed by atoms with Crippen LogP contribution in [0.3, 0.4) is 0 Å². The molecule has 0 aromatic heterocycles. The van der Waals surface area contributed by atoms with E-state index in [1.807, 2.05) is 13.8 Å². The van der Waals surface area contributed by atoms with E-state index in [1.165, 1.54) is 17.0 Å². The van der Waals surface area contributed by atoms with Gasteiger partial charge in [0.15, 0.2) is 0 Å². The third-order valence-corrected chi connectivity index (χ3v) is 4.31. The maximum Gasteiger partial charge on any atom is 0.408 e. The molecule has 1 aromatic rings. The summed E-state index contributed by atoms with van der Waals surface area (Å²) in [4.78, 5) is 39.6. The van der Waals surface area contributed by atoms with Crippen molar-refractivity contribution in [2.24, 2.45) is 0 Å². The van der Waals surface area contributed by atoms with Gasteiger partial charge in [-0.15, -0.1) is 0 Å². The summed E-state index contributed by atoms with van der Waals surface area (Å²) in [5.41, 5.74) is -0.0993. The summed E-state index contributed by atoms with van der Waals surface area (Å²) < 4.78 is 5.20. The summed E-state index contributed by atoms with van der Waals surface area (Å²) in [6, 6.07) is 5.23. The van der Waals surface area contributed by atoms with Crippen molar-refractivity contribution in [3.05, 3.63) is 29.8 Å². The highest BCUT2D eigenvalue weighted by Gasteiger charge is 2.31. The van der Waals surface area contributed by atoms with Crippen molar-refractivity contribution >= 4 is 17.9 Å². The number of hydrogen-bond acceptors (Lipinski definition) is 5. The Labute approximate surface area is 185 Å². The van der Waals surface area contributed by atoms with Gasteiger partial charge in [-0.3, -0.25) is 9.59 Å². The average molecular weight is 436 g/mol. The molecule has 0 aliphatic carbocycles. The second kappa shape index (κ2) is 12.2. The molecular formula is C23H37N3O5. The first-order chi connectivity index (χ1) is 14.4. The summed E-state index contributed by atoms with van der Waals surface area (Å²) in [6.07, 6.45) is 1.89. The molecule has 0 aliphatic heterocycles. The Kier molecular flexibility index (Phi) is 10.3. The van der Waals surface area contributed by atoms with Crippen molar-refractivity contribution in [1.29, 1.82) is 0 Å². The number of carbonyl (C=O) groups excluding carboxylic acids is 3. The van der Waals surface area contributed by atoms with Crippen LogP contribution in [0.5, 0.6) is 5.75 Å². The Bertz CT molecular complexity index is 726. The molecule has 0 aliphatic rings. The van der Waals surface area contributed by atoms with Crippen LogP contribution in [0.1, 0.15) is 72.4 Å². The first-order valence-corrected chi connectivity index (χ1v) is 10.8. The van der Waals surface area contributed by atoms with Crippen LogP contribution >= 0.6 is 0 Å². The number of rotatable bonds is 10. The molecule has 0 fully saturated rings. The summed E-state index contributed by atoms with van der Waals surface area (Å²) in [7, 11) is 0. The van der Waals surface area contributed by atoms with E-state index in [0.29, 0.717) is 12.1 Å². The number of aromatic hydroxyl groups is 1. The zero-order valence-electron chi connectivity index (χ0n) is 19.5. The Balaban J connectivity index is 3.14. The van der Waals surface area contributed by atoms with Crippen molar-refractivity contribution in [2.45, 2.75) is 78.5 Å². The molecule has 8 nitrogen and oxygen atoms in total. The fourth-order valence-corrected chi connectivity index (χ4v) is 2.99. The van der Waals surface area contributed by atoms with Crippen molar-refractivity contribution in [3.63, 3.8) is 0 Å². The molecule has 0 saturated carbocycles. The van der Waals surface area contributed by atoms with E-state index in [2.05, 4.69) is 17.6 Å². The van der Waals surface area contributed by atoms with E-state index in [0.717, 1.165) is 19.3 Å². The largest absolute Gasteiger partial charge is 0.508 e. The van der Waals surface area contributed by atoms with Crippen LogP contribution in [-0.4, -0.2) is 52.6 Å². The van der Waals surface area contributed by atoms with Gasteiger partial charge in [-0.25, -0.2) is 4.79 Å². The van der Waals surface area contributed by atoms with Crippen molar-refractivity contribution in [1.82, 2.24) is 15.5 Å². The molecule has 174 valence electrons. The molecule has 1 rings (SSSR count). The Morgan fingerprint density at radius 3 is 2.23 bits per heavy atom. The van der Waals surface area contributed by atoms with E-state index >= 15 is 0 Å². The predicted octanol–water partition coefficient (Wildman–Crippen LogP) is 3.50. The average Bonchev–Trinajstić information content (AvgIpc) is 2.64. The van der Waals surface area contributed by atoms with Crippen LogP contribution in [-0.2, 0) is 14.3 Å². The number of nitrogens with zero attached hydrogens (tertiary/aromatic N) is 1. The van der Waals surface area contributed by atoms with Gasteiger partial charge in [-0.1, -0.05) is 31.9 Å². The molecule has 0 heterocycles. The minimum Gasteiger partial charge on any atom is -0.508 e. The first-order valence-electron chi connectivity index (χ1n) is 10.8. The SMILES string of the molecule is CCCCCN(C(=O)CNC(=O)OC(C)(C)C)C(C(=O)NC(C)C)c1ccc(O)cc1. The molecule has 0 saturated heterocycles. The van der Waals surface area contributed by atoms with Gasteiger partial charge in [0.1, 0.15) is 23.9 Å². The van der Waals surface area contributed by atoms with E-state index in [4.69, 9.17) is 4.74 Å². The van der Waals surface area contributed by atoms with Crippen LogP contribution in [0.2, 0.25) is 0 Å². The quantitative estimate of drug-likeness (QED) is 0.488. The lowest BCUT2D eigenvalue weighted by Crippen LogP contribution is -2.49. The van der Waals surface area contributed by atoms with Gasteiger partial charge < -0.3 is 25.4 Å². The van der Waals surface area contributed by atoms with E-state index in [9.17, 15) is 19.5 Å². The van der Waals surface area contributed by atoms with Gasteiger partial charge >= 0.3 is 6.09 Å². The fraction of sp³-hybridized carbons (Fsp3) is 0.609. The molecule has 3 N–H and O–H groups in total. The maximum atomic E-state index is 13.1. The molecule has 1 atom stereocenters. The number of alkyl carbamates (subject to hydrolysis) is 1. The highest BCUT2D eigenvalue weighted by Crippen LogP contribution is 2.24. The number of amides is 3. The van der Waals surface area contributed by atoms with Gasteiger partial charge in [-0.2, -0.15) is 0 Å². The van der Waals surface area contributed by atoms with Gasteiger partial charge in [0.2, 0.25) is 11.8 Å². The number of phenols is 1. The lowest BCUT2D eigenvalue weighted by molar-refractivity contribution is -0.140. The van der Waals surface area contributed by atoms with E-state index < -0.39 is 17.7 Å². The third kappa shape index (κ3) is 9.72. The second-order valence-electron chi connectivity index (χ2n) is 8.81. The minimum absolute atomic E-state index is 0.0715. The third-order valence-electron chi connectivity index (χ3n) is 4.31. The highest BCUT2D eigenvalue weighted by molar-refractivity contribution is 5.90. The van der Waals surface area contributed by atoms with E-state index in [1.54, 1.807) is 32.9 Å². The highest BCUT2D eigenvalue weighted by atomic mass is 16.6. The smallest absolute Gasteiger partial charge is 0.408 e. The minimum atomic E-state index is -0.882. The normalized spacial score (nSPS) is 12.2. The number of unbranched alkanes of at least 4 members (excludes halogenated alkanes) is 2. The standard InChI is InChI=1S/C23H37N3O5/c1-7-8-9-14-26(19(28)15-24-22(30)31-23(4,5)6)20(21(29)25-16(2)3)17-10-12-18(27)13-11-17/h10-13,16,20,27H,7-9,14-15H2,1-6H3,(H,24,30)(H,25,29).